The first kappa shape index (κ1) is 17.3. The largest absolute Gasteiger partial charge is 0.504 e. The Bertz CT molecular complexity index is 812. The summed E-state index contributed by atoms with van der Waals surface area (Å²) in [5.74, 6) is 0.144. The van der Waals surface area contributed by atoms with E-state index in [2.05, 4.69) is 17.3 Å². The normalized spacial score (nSPS) is 36.2. The molecule has 2 fully saturated rings. The Morgan fingerprint density at radius 2 is 2.26 bits per heavy atom. The van der Waals surface area contributed by atoms with Gasteiger partial charge in [0.05, 0.1) is 13.2 Å². The number of likely N-dealkylation sites (N-methyl/N-ethyl adjacent to an activating group) is 1. The molecule has 1 saturated carbocycles. The fourth-order valence-electron chi connectivity index (χ4n) is 6.42. The lowest BCUT2D eigenvalue weighted by Gasteiger charge is -2.59. The van der Waals surface area contributed by atoms with Crippen molar-refractivity contribution >= 4 is 5.97 Å². The number of aliphatic hydroxyl groups is 1. The molecule has 0 amide bonds. The van der Waals surface area contributed by atoms with Crippen LogP contribution in [0.5, 0.6) is 11.5 Å². The van der Waals surface area contributed by atoms with E-state index in [0.29, 0.717) is 23.3 Å². The summed E-state index contributed by atoms with van der Waals surface area (Å²) >= 11 is 0. The number of phenols is 1. The van der Waals surface area contributed by atoms with Gasteiger partial charge in [-0.15, -0.1) is 0 Å². The topological polar surface area (TPSA) is 102 Å². The standard InChI is InChI=1S/C20H26N2O5/c1-22-5-4-20-12-2-3-13(21-8-15(24)25)19(20)27-18-16(20)10(7-14(12)22)6-11(9-23)17(18)26/h6,12-14,19,21,23,26H,2-5,7-9H2,1H3,(H,24,25)/t12-,13?,14+,19?,20-/m0/s1. The summed E-state index contributed by atoms with van der Waals surface area (Å²) in [6, 6.07) is 2.30. The van der Waals surface area contributed by atoms with Gasteiger partial charge in [0.1, 0.15) is 6.10 Å². The van der Waals surface area contributed by atoms with Crippen molar-refractivity contribution in [3.8, 4) is 11.5 Å². The van der Waals surface area contributed by atoms with E-state index in [9.17, 15) is 15.0 Å². The SMILES string of the molecule is CN1CC[C@]23c4c5cc(CO)c(O)c4OC2C(NCC(=O)O)CC[C@H]3[C@H]1C5. The molecule has 146 valence electrons. The molecule has 7 nitrogen and oxygen atoms in total. The molecule has 1 aromatic carbocycles. The maximum Gasteiger partial charge on any atom is 0.317 e. The Kier molecular flexibility index (Phi) is 3.73. The number of nitrogens with zero attached hydrogens (tertiary/aromatic N) is 1. The summed E-state index contributed by atoms with van der Waals surface area (Å²) in [5, 5.41) is 32.7. The molecule has 1 saturated heterocycles. The van der Waals surface area contributed by atoms with Crippen molar-refractivity contribution in [2.75, 3.05) is 20.1 Å². The summed E-state index contributed by atoms with van der Waals surface area (Å²) in [4.78, 5) is 13.5. The van der Waals surface area contributed by atoms with Gasteiger partial charge in [0, 0.05) is 28.6 Å². The maximum atomic E-state index is 11.1. The zero-order valence-corrected chi connectivity index (χ0v) is 15.4. The summed E-state index contributed by atoms with van der Waals surface area (Å²) in [6.07, 6.45) is 3.56. The lowest BCUT2D eigenvalue weighted by atomic mass is 9.51. The highest BCUT2D eigenvalue weighted by Gasteiger charge is 2.65. The average molecular weight is 374 g/mol. The highest BCUT2D eigenvalue weighted by Crippen LogP contribution is 2.64. The van der Waals surface area contributed by atoms with E-state index in [1.165, 1.54) is 5.56 Å². The van der Waals surface area contributed by atoms with E-state index in [1.54, 1.807) is 0 Å². The van der Waals surface area contributed by atoms with Crippen molar-refractivity contribution in [1.29, 1.82) is 0 Å². The molecule has 2 heterocycles. The third-order valence-electron chi connectivity index (χ3n) is 7.47. The number of rotatable bonds is 4. The molecule has 0 aromatic heterocycles. The number of carboxylic acid groups (broad SMARTS) is 1. The molecule has 0 radical (unpaired) electrons. The van der Waals surface area contributed by atoms with E-state index >= 15 is 0 Å². The predicted octanol–water partition coefficient (Wildman–Crippen LogP) is 0.596. The third-order valence-corrected chi connectivity index (χ3v) is 7.47. The zero-order chi connectivity index (χ0) is 18.9. The van der Waals surface area contributed by atoms with E-state index < -0.39 is 5.97 Å². The van der Waals surface area contributed by atoms with Crippen LogP contribution in [-0.4, -0.2) is 64.5 Å². The lowest BCUT2D eigenvalue weighted by molar-refractivity contribution is -0.136. The Labute approximate surface area is 157 Å². The Balaban J connectivity index is 1.66. The summed E-state index contributed by atoms with van der Waals surface area (Å²) < 4.78 is 6.40. The quantitative estimate of drug-likeness (QED) is 0.612. The fraction of sp³-hybridized carbons (Fsp3) is 0.650. The lowest BCUT2D eigenvalue weighted by Crippen LogP contribution is -2.68. The number of hydrogen-bond donors (Lipinski definition) is 4. The second kappa shape index (κ2) is 5.83. The van der Waals surface area contributed by atoms with E-state index in [4.69, 9.17) is 9.84 Å². The van der Waals surface area contributed by atoms with E-state index in [-0.39, 0.29) is 36.5 Å². The van der Waals surface area contributed by atoms with Crippen molar-refractivity contribution in [3.63, 3.8) is 0 Å². The number of ether oxygens (including phenoxy) is 1. The number of aliphatic hydroxyl groups excluding tert-OH is 1. The van der Waals surface area contributed by atoms with Crippen molar-refractivity contribution < 1.29 is 24.9 Å². The van der Waals surface area contributed by atoms with Gasteiger partial charge in [0.15, 0.2) is 11.5 Å². The first-order chi connectivity index (χ1) is 13.0. The van der Waals surface area contributed by atoms with Gasteiger partial charge in [-0.3, -0.25) is 4.79 Å². The molecule has 2 bridgehead atoms. The van der Waals surface area contributed by atoms with E-state index in [0.717, 1.165) is 37.8 Å². The predicted molar refractivity (Wildman–Crippen MR) is 97.0 cm³/mol. The summed E-state index contributed by atoms with van der Waals surface area (Å²) in [7, 11) is 2.18. The third kappa shape index (κ3) is 2.16. The van der Waals surface area contributed by atoms with Crippen LogP contribution >= 0.6 is 0 Å². The number of aliphatic carboxylic acids is 1. The number of likely N-dealkylation sites (tertiary alicyclic amines) is 1. The Morgan fingerprint density at radius 1 is 1.44 bits per heavy atom. The van der Waals surface area contributed by atoms with Crippen molar-refractivity contribution in [2.24, 2.45) is 5.92 Å². The van der Waals surface area contributed by atoms with Crippen LogP contribution in [0.3, 0.4) is 0 Å². The van der Waals surface area contributed by atoms with Gasteiger partial charge < -0.3 is 30.3 Å². The van der Waals surface area contributed by atoms with Crippen LogP contribution in [0.15, 0.2) is 6.07 Å². The molecule has 1 spiro atoms. The molecule has 2 aliphatic carbocycles. The number of hydrogen-bond acceptors (Lipinski definition) is 6. The zero-order valence-electron chi connectivity index (χ0n) is 15.4. The second-order valence-electron chi connectivity index (χ2n) is 8.55. The molecular formula is C20H26N2O5. The molecule has 5 rings (SSSR count). The van der Waals surface area contributed by atoms with Crippen LogP contribution in [0.2, 0.25) is 0 Å². The first-order valence-electron chi connectivity index (χ1n) is 9.78. The van der Waals surface area contributed by atoms with Crippen molar-refractivity contribution in [2.45, 2.75) is 55.9 Å². The molecule has 7 heteroatoms. The van der Waals surface area contributed by atoms with Gasteiger partial charge in [0.2, 0.25) is 0 Å². The van der Waals surface area contributed by atoms with Crippen molar-refractivity contribution in [1.82, 2.24) is 10.2 Å². The molecular weight excluding hydrogens is 348 g/mol. The van der Waals surface area contributed by atoms with Crippen LogP contribution in [0.4, 0.5) is 0 Å². The summed E-state index contributed by atoms with van der Waals surface area (Å²) in [6.45, 7) is 0.650. The second-order valence-corrected chi connectivity index (χ2v) is 8.55. The van der Waals surface area contributed by atoms with Crippen LogP contribution in [0.25, 0.3) is 0 Å². The van der Waals surface area contributed by atoms with Crippen LogP contribution in [0.1, 0.15) is 36.0 Å². The number of benzene rings is 1. The van der Waals surface area contributed by atoms with Crippen LogP contribution < -0.4 is 10.1 Å². The highest BCUT2D eigenvalue weighted by molar-refractivity contribution is 5.69. The van der Waals surface area contributed by atoms with Crippen LogP contribution in [0, 0.1) is 5.92 Å². The number of piperidine rings is 1. The maximum absolute atomic E-state index is 11.1. The van der Waals surface area contributed by atoms with E-state index in [1.807, 2.05) is 6.07 Å². The average Bonchev–Trinajstić information content (AvgIpc) is 3.00. The van der Waals surface area contributed by atoms with Gasteiger partial charge in [-0.25, -0.2) is 0 Å². The number of carboxylic acids is 1. The van der Waals surface area contributed by atoms with Gasteiger partial charge in [-0.2, -0.15) is 0 Å². The minimum Gasteiger partial charge on any atom is -0.504 e. The molecule has 4 N–H and O–H groups in total. The number of aromatic hydroxyl groups is 1. The van der Waals surface area contributed by atoms with Crippen LogP contribution in [-0.2, 0) is 23.2 Å². The molecule has 5 atom stereocenters. The molecule has 4 aliphatic rings. The Morgan fingerprint density at radius 3 is 3.00 bits per heavy atom. The van der Waals surface area contributed by atoms with Gasteiger partial charge in [0.25, 0.3) is 0 Å². The first-order valence-corrected chi connectivity index (χ1v) is 9.78. The highest BCUT2D eigenvalue weighted by atomic mass is 16.5. The van der Waals surface area contributed by atoms with Crippen molar-refractivity contribution in [3.05, 3.63) is 22.8 Å². The minimum atomic E-state index is -0.874. The number of carbonyl (C=O) groups is 1. The van der Waals surface area contributed by atoms with Gasteiger partial charge >= 0.3 is 5.97 Å². The monoisotopic (exact) mass is 374 g/mol. The number of nitrogens with one attached hydrogen (secondary N) is 1. The molecule has 27 heavy (non-hydrogen) atoms. The van der Waals surface area contributed by atoms with Gasteiger partial charge in [-0.1, -0.05) is 0 Å². The molecule has 2 unspecified atom stereocenters. The molecule has 2 aliphatic heterocycles. The summed E-state index contributed by atoms with van der Waals surface area (Å²) in [5.41, 5.74) is 2.62. The fourth-order valence-corrected chi connectivity index (χ4v) is 6.42. The smallest absolute Gasteiger partial charge is 0.317 e. The molecule has 1 aromatic rings. The minimum absolute atomic E-state index is 0.0492. The Hall–Kier alpha value is -1.83. The van der Waals surface area contributed by atoms with Gasteiger partial charge in [-0.05, 0) is 56.8 Å².